The predicted molar refractivity (Wildman–Crippen MR) is 115 cm³/mol. The first-order chi connectivity index (χ1) is 9.03. The highest BCUT2D eigenvalue weighted by molar-refractivity contribution is 5.78. The van der Waals surface area contributed by atoms with Gasteiger partial charge in [-0.05, 0) is 26.4 Å². The summed E-state index contributed by atoms with van der Waals surface area (Å²) in [5.41, 5.74) is 3.39. The fourth-order valence-corrected chi connectivity index (χ4v) is 0.241. The summed E-state index contributed by atoms with van der Waals surface area (Å²) < 4.78 is 1.88. The highest BCUT2D eigenvalue weighted by Crippen LogP contribution is 2.08. The molecule has 5 nitrogen and oxygen atoms in total. The Labute approximate surface area is 150 Å². The van der Waals surface area contributed by atoms with Gasteiger partial charge in [-0.2, -0.15) is 0 Å². The van der Waals surface area contributed by atoms with Crippen molar-refractivity contribution in [3.63, 3.8) is 0 Å². The van der Waals surface area contributed by atoms with Crippen LogP contribution in [0.4, 0.5) is 0 Å². The van der Waals surface area contributed by atoms with Crippen LogP contribution in [0.25, 0.3) is 0 Å². The average Bonchev–Trinajstić information content (AvgIpc) is 2.36. The molecule has 0 unspecified atom stereocenters. The molecule has 0 rings (SSSR count). The second-order valence-electron chi connectivity index (χ2n) is 5.65. The maximum absolute atomic E-state index is 3.81. The van der Waals surface area contributed by atoms with Crippen molar-refractivity contribution in [1.82, 2.24) is 16.1 Å². The van der Waals surface area contributed by atoms with Gasteiger partial charge in [0, 0.05) is 21.0 Å². The zero-order valence-corrected chi connectivity index (χ0v) is 16.0. The highest BCUT2D eigenvalue weighted by atomic mass is 15.4. The molecule has 0 heterocycles. The molecular formula is C18H52N5+. The molecule has 0 spiro atoms. The molecule has 148 valence electrons. The molecule has 0 atom stereocenters. The lowest BCUT2D eigenvalue weighted by Gasteiger charge is -2.05. The van der Waals surface area contributed by atoms with Gasteiger partial charge in [-0.25, -0.2) is 5.43 Å². The van der Waals surface area contributed by atoms with Gasteiger partial charge in [0.05, 0.1) is 12.9 Å². The van der Waals surface area contributed by atoms with Crippen molar-refractivity contribution in [3.05, 3.63) is 0 Å². The SMILES string of the molecule is C.C.C.C/C=[N+](\C)NC.CC(C)(C)C.CN=C(C)NC.CNC. The van der Waals surface area contributed by atoms with Crippen molar-refractivity contribution in [2.45, 2.75) is 63.8 Å². The van der Waals surface area contributed by atoms with Gasteiger partial charge in [0.25, 0.3) is 0 Å². The van der Waals surface area contributed by atoms with Crippen LogP contribution in [0.15, 0.2) is 4.99 Å². The van der Waals surface area contributed by atoms with Crippen LogP contribution in [-0.4, -0.2) is 59.0 Å². The van der Waals surface area contributed by atoms with Crippen LogP contribution in [0.1, 0.15) is 63.8 Å². The second-order valence-corrected chi connectivity index (χ2v) is 5.65. The Bertz CT molecular complexity index is 204. The Morgan fingerprint density at radius 1 is 0.957 bits per heavy atom. The van der Waals surface area contributed by atoms with Crippen LogP contribution in [0.5, 0.6) is 0 Å². The van der Waals surface area contributed by atoms with E-state index in [0.717, 1.165) is 5.84 Å². The normalized spacial score (nSPS) is 9.39. The minimum Gasteiger partial charge on any atom is -0.377 e. The first kappa shape index (κ1) is 43.1. The molecule has 0 aliphatic heterocycles. The van der Waals surface area contributed by atoms with E-state index in [9.17, 15) is 0 Å². The fraction of sp³-hybridized carbons (Fsp3) is 0.889. The van der Waals surface area contributed by atoms with Crippen LogP contribution in [0, 0.1) is 5.41 Å². The monoisotopic (exact) mass is 338 g/mol. The van der Waals surface area contributed by atoms with Crippen molar-refractivity contribution in [2.24, 2.45) is 10.4 Å². The molecule has 0 aromatic heterocycles. The van der Waals surface area contributed by atoms with E-state index in [1.54, 1.807) is 7.05 Å². The largest absolute Gasteiger partial charge is 0.377 e. The molecule has 0 amide bonds. The molecule has 0 fully saturated rings. The maximum atomic E-state index is 3.81. The van der Waals surface area contributed by atoms with Gasteiger partial charge < -0.3 is 10.6 Å². The Kier molecular flexibility index (Phi) is 61.3. The van der Waals surface area contributed by atoms with Gasteiger partial charge in [-0.1, -0.05) is 50.0 Å². The number of aliphatic imine (C=N–C) groups is 1. The zero-order valence-electron chi connectivity index (χ0n) is 16.0. The lowest BCUT2D eigenvalue weighted by atomic mass is 10.0. The molecule has 0 saturated heterocycles. The summed E-state index contributed by atoms with van der Waals surface area (Å²) in [7, 11) is 11.2. The quantitative estimate of drug-likeness (QED) is 0.294. The summed E-state index contributed by atoms with van der Waals surface area (Å²) in [4.78, 5) is 3.81. The van der Waals surface area contributed by atoms with Gasteiger partial charge in [0.1, 0.15) is 0 Å². The van der Waals surface area contributed by atoms with E-state index in [1.165, 1.54) is 0 Å². The molecule has 0 radical (unpaired) electrons. The minimum absolute atomic E-state index is 0. The number of rotatable bonds is 1. The lowest BCUT2D eigenvalue weighted by Crippen LogP contribution is -2.19. The molecule has 0 aromatic carbocycles. The molecule has 0 aromatic rings. The third kappa shape index (κ3) is 157. The van der Waals surface area contributed by atoms with Gasteiger partial charge in [-0.15, -0.1) is 4.68 Å². The highest BCUT2D eigenvalue weighted by Gasteiger charge is 1.95. The Balaban J connectivity index is -0.0000000291. The van der Waals surface area contributed by atoms with Crippen LogP contribution < -0.4 is 16.1 Å². The van der Waals surface area contributed by atoms with E-state index in [-0.39, 0.29) is 22.3 Å². The molecule has 0 bridgehead atoms. The molecule has 5 heteroatoms. The molecule has 0 aliphatic carbocycles. The van der Waals surface area contributed by atoms with E-state index >= 15 is 0 Å². The number of nitrogens with zero attached hydrogens (tertiary/aromatic N) is 2. The molecule has 3 N–H and O–H groups in total. The number of amidine groups is 1. The Hall–Kier alpha value is -1.10. The van der Waals surface area contributed by atoms with Gasteiger partial charge >= 0.3 is 0 Å². The summed E-state index contributed by atoms with van der Waals surface area (Å²) in [6.45, 7) is 12.6. The third-order valence-corrected chi connectivity index (χ3v) is 1.44. The number of hydrazone groups is 1. The molecule has 0 saturated carbocycles. The molecule has 23 heavy (non-hydrogen) atoms. The van der Waals surface area contributed by atoms with Gasteiger partial charge in [0.15, 0.2) is 13.3 Å². The Morgan fingerprint density at radius 3 is 1.22 bits per heavy atom. The zero-order chi connectivity index (χ0) is 17.2. The summed E-state index contributed by atoms with van der Waals surface area (Å²) in [6.07, 6.45) is 1.94. The van der Waals surface area contributed by atoms with E-state index in [2.05, 4.69) is 48.7 Å². The van der Waals surface area contributed by atoms with Crippen molar-refractivity contribution in [2.75, 3.05) is 42.3 Å². The number of hydrazine groups is 1. The average molecular weight is 339 g/mol. The summed E-state index contributed by atoms with van der Waals surface area (Å²) in [6, 6.07) is 0. The van der Waals surface area contributed by atoms with Gasteiger partial charge in [0.2, 0.25) is 0 Å². The van der Waals surface area contributed by atoms with Crippen molar-refractivity contribution in [1.29, 1.82) is 0 Å². The van der Waals surface area contributed by atoms with E-state index in [0.29, 0.717) is 5.41 Å². The third-order valence-electron chi connectivity index (χ3n) is 1.44. The first-order valence-electron chi connectivity index (χ1n) is 6.93. The molecule has 0 aliphatic rings. The van der Waals surface area contributed by atoms with Gasteiger partial charge in [-0.3, -0.25) is 4.99 Å². The minimum atomic E-state index is 0. The standard InChI is InChI=1S/C5H12.C4H11N2.C4H10N2.C2H7N.3CH4/c1-5(2,3)4;1-4-6(3)5-2;1-4(5-2)6-3;1-3-2;;;/h1-4H3;4-5H,1-3H3;1-3H3,(H,5,6);3H,1-2H3;3*1H4/q;+1;;;;;/b;6-4+;;;;;. The van der Waals surface area contributed by atoms with Crippen LogP contribution >= 0.6 is 0 Å². The summed E-state index contributed by atoms with van der Waals surface area (Å²) in [5.74, 6) is 0.968. The Morgan fingerprint density at radius 2 is 1.22 bits per heavy atom. The smallest absolute Gasteiger partial charge is 0.166 e. The van der Waals surface area contributed by atoms with Crippen LogP contribution in [-0.2, 0) is 0 Å². The maximum Gasteiger partial charge on any atom is 0.166 e. The van der Waals surface area contributed by atoms with E-state index in [4.69, 9.17) is 0 Å². The lowest BCUT2D eigenvalue weighted by molar-refractivity contribution is -0.550. The van der Waals surface area contributed by atoms with Crippen LogP contribution in [0.2, 0.25) is 0 Å². The van der Waals surface area contributed by atoms with Crippen LogP contribution in [0.3, 0.4) is 0 Å². The van der Waals surface area contributed by atoms with E-state index < -0.39 is 0 Å². The van der Waals surface area contributed by atoms with E-state index in [1.807, 2.05) is 60.0 Å². The fourth-order valence-electron chi connectivity index (χ4n) is 0.241. The number of nitrogens with one attached hydrogen (secondary N) is 3. The number of hydrogen-bond donors (Lipinski definition) is 3. The first-order valence-corrected chi connectivity index (χ1v) is 6.93. The second kappa shape index (κ2) is 32.7. The summed E-state index contributed by atoms with van der Waals surface area (Å²) >= 11 is 0. The van der Waals surface area contributed by atoms with Crippen molar-refractivity contribution in [3.8, 4) is 0 Å². The van der Waals surface area contributed by atoms with Crippen molar-refractivity contribution >= 4 is 12.1 Å². The van der Waals surface area contributed by atoms with Crippen molar-refractivity contribution < 1.29 is 4.68 Å². The molecular weight excluding hydrogens is 286 g/mol. The number of hydrogen-bond acceptors (Lipinski definition) is 3. The topological polar surface area (TPSA) is 51.5 Å². The summed E-state index contributed by atoms with van der Waals surface area (Å²) in [5, 5.41) is 5.61. The predicted octanol–water partition coefficient (Wildman–Crippen LogP) is 3.90.